The predicted molar refractivity (Wildman–Crippen MR) is 81.0 cm³/mol. The number of urea groups is 1. The maximum atomic E-state index is 12.3. The molecule has 0 fully saturated rings. The highest BCUT2D eigenvalue weighted by molar-refractivity contribution is 6.30. The average Bonchev–Trinajstić information content (AvgIpc) is 2.47. The molecule has 0 aromatic heterocycles. The van der Waals surface area contributed by atoms with Crippen LogP contribution in [-0.2, 0) is 13.0 Å². The monoisotopic (exact) mass is 286 g/mol. The van der Waals surface area contributed by atoms with Gasteiger partial charge in [0.2, 0.25) is 0 Å². The maximum Gasteiger partial charge on any atom is 0.322 e. The molecule has 0 atom stereocenters. The lowest BCUT2D eigenvalue weighted by Crippen LogP contribution is -2.38. The van der Waals surface area contributed by atoms with Crippen LogP contribution in [0.25, 0.3) is 0 Å². The molecule has 20 heavy (non-hydrogen) atoms. The second kappa shape index (κ2) is 5.55. The molecule has 0 spiro atoms. The summed E-state index contributed by atoms with van der Waals surface area (Å²) in [6.45, 7) is 1.39. The summed E-state index contributed by atoms with van der Waals surface area (Å²) in [5, 5.41) is 3.50. The van der Waals surface area contributed by atoms with Crippen molar-refractivity contribution in [3.8, 4) is 0 Å². The fourth-order valence-electron chi connectivity index (χ4n) is 2.44. The van der Waals surface area contributed by atoms with Gasteiger partial charge in [-0.25, -0.2) is 4.79 Å². The number of nitrogens with one attached hydrogen (secondary N) is 1. The summed E-state index contributed by atoms with van der Waals surface area (Å²) < 4.78 is 0. The summed E-state index contributed by atoms with van der Waals surface area (Å²) in [6.07, 6.45) is 0.902. The van der Waals surface area contributed by atoms with Crippen molar-refractivity contribution in [3.05, 3.63) is 64.7 Å². The zero-order valence-corrected chi connectivity index (χ0v) is 11.7. The Morgan fingerprint density at radius 2 is 1.90 bits per heavy atom. The highest BCUT2D eigenvalue weighted by atomic mass is 35.5. The van der Waals surface area contributed by atoms with E-state index in [1.807, 2.05) is 29.2 Å². The van der Waals surface area contributed by atoms with Gasteiger partial charge in [0.05, 0.1) is 0 Å². The van der Waals surface area contributed by atoms with Crippen molar-refractivity contribution >= 4 is 23.3 Å². The Kier molecular flexibility index (Phi) is 3.61. The Hall–Kier alpha value is -2.00. The second-order valence-electron chi connectivity index (χ2n) is 4.88. The first kappa shape index (κ1) is 13.0. The van der Waals surface area contributed by atoms with E-state index in [0.29, 0.717) is 11.6 Å². The molecule has 102 valence electrons. The van der Waals surface area contributed by atoms with Crippen molar-refractivity contribution in [1.29, 1.82) is 0 Å². The van der Waals surface area contributed by atoms with Crippen LogP contribution in [0.1, 0.15) is 11.1 Å². The van der Waals surface area contributed by atoms with Crippen LogP contribution in [0.5, 0.6) is 0 Å². The van der Waals surface area contributed by atoms with Gasteiger partial charge in [0.15, 0.2) is 0 Å². The molecule has 3 rings (SSSR count). The van der Waals surface area contributed by atoms with Crippen molar-refractivity contribution in [3.63, 3.8) is 0 Å². The molecular formula is C16H15ClN2O. The Labute approximate surface area is 123 Å². The van der Waals surface area contributed by atoms with Crippen molar-refractivity contribution < 1.29 is 4.79 Å². The molecule has 2 amide bonds. The van der Waals surface area contributed by atoms with Gasteiger partial charge in [0, 0.05) is 23.8 Å². The molecule has 2 aromatic carbocycles. The number of hydrogen-bond donors (Lipinski definition) is 1. The Bertz CT molecular complexity index is 642. The van der Waals surface area contributed by atoms with Crippen molar-refractivity contribution in [2.45, 2.75) is 13.0 Å². The van der Waals surface area contributed by atoms with Gasteiger partial charge in [-0.1, -0.05) is 41.9 Å². The summed E-state index contributed by atoms with van der Waals surface area (Å²) in [6, 6.07) is 15.4. The predicted octanol–water partition coefficient (Wildman–Crippen LogP) is 3.93. The summed E-state index contributed by atoms with van der Waals surface area (Å²) in [5.41, 5.74) is 3.28. The fourth-order valence-corrected chi connectivity index (χ4v) is 2.63. The number of carbonyl (C=O) groups excluding carboxylic acids is 1. The molecular weight excluding hydrogens is 272 g/mol. The largest absolute Gasteiger partial charge is 0.322 e. The maximum absolute atomic E-state index is 12.3. The Morgan fingerprint density at radius 3 is 2.70 bits per heavy atom. The lowest BCUT2D eigenvalue weighted by Gasteiger charge is -2.29. The van der Waals surface area contributed by atoms with Crippen LogP contribution in [0.15, 0.2) is 48.5 Å². The molecule has 0 aliphatic carbocycles. The highest BCUT2D eigenvalue weighted by Crippen LogP contribution is 2.20. The molecule has 3 nitrogen and oxygen atoms in total. The quantitative estimate of drug-likeness (QED) is 0.846. The smallest absolute Gasteiger partial charge is 0.320 e. The molecule has 0 unspecified atom stereocenters. The zero-order valence-electron chi connectivity index (χ0n) is 11.0. The van der Waals surface area contributed by atoms with Crippen LogP contribution < -0.4 is 5.32 Å². The third-order valence-corrected chi connectivity index (χ3v) is 3.73. The van der Waals surface area contributed by atoms with Crippen LogP contribution in [0.4, 0.5) is 10.5 Å². The van der Waals surface area contributed by atoms with E-state index in [-0.39, 0.29) is 6.03 Å². The first-order valence-corrected chi connectivity index (χ1v) is 6.98. The number of carbonyl (C=O) groups is 1. The first-order chi connectivity index (χ1) is 9.72. The Morgan fingerprint density at radius 1 is 1.10 bits per heavy atom. The third-order valence-electron chi connectivity index (χ3n) is 3.49. The number of nitrogens with zero attached hydrogens (tertiary/aromatic N) is 1. The fraction of sp³-hybridized carbons (Fsp3) is 0.188. The molecule has 1 N–H and O–H groups in total. The number of amides is 2. The minimum Gasteiger partial charge on any atom is -0.320 e. The van der Waals surface area contributed by atoms with E-state index in [1.54, 1.807) is 12.1 Å². The van der Waals surface area contributed by atoms with Crippen LogP contribution in [0.3, 0.4) is 0 Å². The van der Waals surface area contributed by atoms with Crippen molar-refractivity contribution in [2.75, 3.05) is 11.9 Å². The van der Waals surface area contributed by atoms with E-state index >= 15 is 0 Å². The van der Waals surface area contributed by atoms with E-state index in [9.17, 15) is 4.79 Å². The average molecular weight is 287 g/mol. The molecule has 0 saturated carbocycles. The normalized spacial score (nSPS) is 13.8. The number of rotatable bonds is 1. The van der Waals surface area contributed by atoms with Gasteiger partial charge in [-0.3, -0.25) is 0 Å². The van der Waals surface area contributed by atoms with Crippen molar-refractivity contribution in [1.82, 2.24) is 4.90 Å². The summed E-state index contributed by atoms with van der Waals surface area (Å²) >= 11 is 5.92. The minimum absolute atomic E-state index is 0.0817. The van der Waals surface area contributed by atoms with Gasteiger partial charge >= 0.3 is 6.03 Å². The molecule has 0 bridgehead atoms. The molecule has 1 aliphatic heterocycles. The second-order valence-corrected chi connectivity index (χ2v) is 5.32. The van der Waals surface area contributed by atoms with Gasteiger partial charge in [0.25, 0.3) is 0 Å². The lowest BCUT2D eigenvalue weighted by atomic mass is 10.0. The minimum atomic E-state index is -0.0817. The highest BCUT2D eigenvalue weighted by Gasteiger charge is 2.20. The number of halogens is 1. The van der Waals surface area contributed by atoms with Crippen LogP contribution >= 0.6 is 11.6 Å². The van der Waals surface area contributed by atoms with Gasteiger partial charge in [-0.15, -0.1) is 0 Å². The van der Waals surface area contributed by atoms with Gasteiger partial charge < -0.3 is 10.2 Å². The van der Waals surface area contributed by atoms with Crippen molar-refractivity contribution in [2.24, 2.45) is 0 Å². The van der Waals surface area contributed by atoms with Gasteiger partial charge in [-0.2, -0.15) is 0 Å². The molecule has 4 heteroatoms. The van der Waals surface area contributed by atoms with Crippen LogP contribution in [-0.4, -0.2) is 17.5 Å². The van der Waals surface area contributed by atoms with E-state index in [2.05, 4.69) is 17.4 Å². The number of anilines is 1. The van der Waals surface area contributed by atoms with E-state index in [4.69, 9.17) is 11.6 Å². The number of fused-ring (bicyclic) bond motifs is 1. The lowest BCUT2D eigenvalue weighted by molar-refractivity contribution is 0.206. The van der Waals surface area contributed by atoms with E-state index in [1.165, 1.54) is 11.1 Å². The summed E-state index contributed by atoms with van der Waals surface area (Å²) in [4.78, 5) is 14.1. The van der Waals surface area contributed by atoms with Crippen LogP contribution in [0, 0.1) is 0 Å². The molecule has 2 aromatic rings. The third kappa shape index (κ3) is 2.78. The summed E-state index contributed by atoms with van der Waals surface area (Å²) in [5.74, 6) is 0. The van der Waals surface area contributed by atoms with E-state index in [0.717, 1.165) is 18.7 Å². The van der Waals surface area contributed by atoms with Gasteiger partial charge in [0.1, 0.15) is 0 Å². The molecule has 1 aliphatic rings. The molecule has 1 heterocycles. The SMILES string of the molecule is O=C(Nc1cccc(Cl)c1)N1CCc2ccccc2C1. The van der Waals surface area contributed by atoms with Gasteiger partial charge in [-0.05, 0) is 35.7 Å². The topological polar surface area (TPSA) is 32.3 Å². The Balaban J connectivity index is 1.70. The first-order valence-electron chi connectivity index (χ1n) is 6.60. The van der Waals surface area contributed by atoms with Crippen LogP contribution in [0.2, 0.25) is 5.02 Å². The molecule has 0 saturated heterocycles. The number of hydrogen-bond acceptors (Lipinski definition) is 1. The zero-order chi connectivity index (χ0) is 13.9. The number of benzene rings is 2. The molecule has 0 radical (unpaired) electrons. The van der Waals surface area contributed by atoms with E-state index < -0.39 is 0 Å². The summed E-state index contributed by atoms with van der Waals surface area (Å²) in [7, 11) is 0. The standard InChI is InChI=1S/C16H15ClN2O/c17-14-6-3-7-15(10-14)18-16(20)19-9-8-12-4-1-2-5-13(12)11-19/h1-7,10H,8-9,11H2,(H,18,20).